The van der Waals surface area contributed by atoms with Gasteiger partial charge < -0.3 is 25.4 Å². The highest BCUT2D eigenvalue weighted by molar-refractivity contribution is 7.19. The first-order valence-electron chi connectivity index (χ1n) is 6.54. The van der Waals surface area contributed by atoms with Crippen molar-refractivity contribution in [1.82, 2.24) is 5.32 Å². The van der Waals surface area contributed by atoms with Gasteiger partial charge in [0.2, 0.25) is 5.91 Å². The van der Waals surface area contributed by atoms with Crippen molar-refractivity contribution < 1.29 is 19.1 Å². The normalized spacial score (nSPS) is 17.7. The lowest BCUT2D eigenvalue weighted by Gasteiger charge is -2.18. The monoisotopic (exact) mass is 313 g/mol. The molecule has 0 saturated carbocycles. The number of nitrogen functional groups attached to an aromatic ring is 1. The average Bonchev–Trinajstić information content (AvgIpc) is 3.01. The van der Waals surface area contributed by atoms with E-state index >= 15 is 0 Å². The summed E-state index contributed by atoms with van der Waals surface area (Å²) < 4.78 is 10.1. The molecule has 2 heterocycles. The van der Waals surface area contributed by atoms with E-state index in [0.717, 1.165) is 18.0 Å². The lowest BCUT2D eigenvalue weighted by Crippen LogP contribution is -2.35. The molecule has 1 aromatic rings. The molecule has 1 aromatic heterocycles. The first-order chi connectivity index (χ1) is 9.97. The molecule has 8 heteroatoms. The van der Waals surface area contributed by atoms with Crippen molar-refractivity contribution in [3.63, 3.8) is 0 Å². The van der Waals surface area contributed by atoms with Crippen molar-refractivity contribution in [3.05, 3.63) is 4.88 Å². The molecule has 21 heavy (non-hydrogen) atoms. The van der Waals surface area contributed by atoms with E-state index in [9.17, 15) is 9.59 Å². The lowest BCUT2D eigenvalue weighted by atomic mass is 10.3. The number of nitrogens with zero attached hydrogens (tertiary/aromatic N) is 1. The fourth-order valence-corrected chi connectivity index (χ4v) is 3.56. The molecular formula is C13H19N3O4S. The van der Waals surface area contributed by atoms with Crippen LogP contribution >= 0.6 is 11.3 Å². The van der Waals surface area contributed by atoms with Crippen LogP contribution in [-0.4, -0.2) is 45.2 Å². The van der Waals surface area contributed by atoms with Crippen LogP contribution in [0, 0.1) is 0 Å². The second-order valence-corrected chi connectivity index (χ2v) is 5.81. The molecule has 1 unspecified atom stereocenters. The number of carbonyl (C=O) groups is 2. The minimum absolute atomic E-state index is 0.0465. The average molecular weight is 313 g/mol. The zero-order valence-electron chi connectivity index (χ0n) is 12.3. The Hall–Kier alpha value is -1.96. The maximum Gasteiger partial charge on any atom is 0.350 e. The van der Waals surface area contributed by atoms with Crippen LogP contribution in [0.5, 0.6) is 5.75 Å². The molecule has 1 aliphatic rings. The molecule has 1 atom stereocenters. The SMILES string of the molecule is COC(=O)c1sc(N2CCC(NC(C)=O)C2)c(OC)c1N. The summed E-state index contributed by atoms with van der Waals surface area (Å²) in [6.45, 7) is 2.93. The molecule has 0 bridgehead atoms. The standard InChI is InChI=1S/C13H19N3O4S/c1-7(17)15-8-4-5-16(6-8)12-10(19-2)9(14)11(21-12)13(18)20-3/h8H,4-6,14H2,1-3H3,(H,15,17). The summed E-state index contributed by atoms with van der Waals surface area (Å²) in [5.74, 6) is -0.0294. The third-order valence-electron chi connectivity index (χ3n) is 3.34. The topological polar surface area (TPSA) is 93.9 Å². The second-order valence-electron chi connectivity index (χ2n) is 4.81. The summed E-state index contributed by atoms with van der Waals surface area (Å²) in [6.07, 6.45) is 0.841. The molecule has 1 saturated heterocycles. The molecule has 7 nitrogen and oxygen atoms in total. The van der Waals surface area contributed by atoms with Crippen LogP contribution in [0.25, 0.3) is 0 Å². The van der Waals surface area contributed by atoms with Crippen molar-refractivity contribution in [1.29, 1.82) is 0 Å². The van der Waals surface area contributed by atoms with Gasteiger partial charge in [-0.2, -0.15) is 0 Å². The van der Waals surface area contributed by atoms with Gasteiger partial charge in [-0.15, -0.1) is 11.3 Å². The number of hydrogen-bond acceptors (Lipinski definition) is 7. The van der Waals surface area contributed by atoms with Gasteiger partial charge in [0.15, 0.2) is 5.75 Å². The fourth-order valence-electron chi connectivity index (χ4n) is 2.42. The van der Waals surface area contributed by atoms with Gasteiger partial charge in [-0.25, -0.2) is 4.79 Å². The lowest BCUT2D eigenvalue weighted by molar-refractivity contribution is -0.119. The molecule has 1 aliphatic heterocycles. The van der Waals surface area contributed by atoms with E-state index in [4.69, 9.17) is 15.2 Å². The number of hydrogen-bond donors (Lipinski definition) is 2. The van der Waals surface area contributed by atoms with Crippen molar-refractivity contribution in [3.8, 4) is 5.75 Å². The molecule has 3 N–H and O–H groups in total. The first kappa shape index (κ1) is 15.4. The number of nitrogens with one attached hydrogen (secondary N) is 1. The van der Waals surface area contributed by atoms with Crippen LogP contribution < -0.4 is 20.7 Å². The van der Waals surface area contributed by atoms with Crippen molar-refractivity contribution in [2.75, 3.05) is 37.9 Å². The van der Waals surface area contributed by atoms with E-state index in [0.29, 0.717) is 22.9 Å². The fraction of sp³-hybridized carbons (Fsp3) is 0.538. The minimum Gasteiger partial charge on any atom is -0.492 e. The predicted octanol–water partition coefficient (Wildman–Crippen LogP) is 0.840. The number of methoxy groups -OCH3 is 2. The number of esters is 1. The van der Waals surface area contributed by atoms with Crippen LogP contribution in [0.3, 0.4) is 0 Å². The Morgan fingerprint density at radius 3 is 2.71 bits per heavy atom. The number of anilines is 2. The van der Waals surface area contributed by atoms with Gasteiger partial charge >= 0.3 is 5.97 Å². The van der Waals surface area contributed by atoms with Gasteiger partial charge in [-0.1, -0.05) is 0 Å². The molecule has 1 fully saturated rings. The van der Waals surface area contributed by atoms with Gasteiger partial charge in [-0.05, 0) is 6.42 Å². The van der Waals surface area contributed by atoms with Crippen LogP contribution in [0.4, 0.5) is 10.7 Å². The quantitative estimate of drug-likeness (QED) is 0.800. The predicted molar refractivity (Wildman–Crippen MR) is 81.1 cm³/mol. The summed E-state index contributed by atoms with van der Waals surface area (Å²) in [5, 5.41) is 3.69. The van der Waals surface area contributed by atoms with Gasteiger partial charge in [0, 0.05) is 26.1 Å². The van der Waals surface area contributed by atoms with Crippen LogP contribution in [0.2, 0.25) is 0 Å². The largest absolute Gasteiger partial charge is 0.492 e. The molecule has 116 valence electrons. The Bertz CT molecular complexity index is 558. The van der Waals surface area contributed by atoms with Crippen LogP contribution in [0.1, 0.15) is 23.0 Å². The molecule has 0 aromatic carbocycles. The number of thiophene rings is 1. The third-order valence-corrected chi connectivity index (χ3v) is 4.57. The van der Waals surface area contributed by atoms with Crippen molar-refractivity contribution in [2.45, 2.75) is 19.4 Å². The van der Waals surface area contributed by atoms with E-state index in [1.54, 1.807) is 0 Å². The van der Waals surface area contributed by atoms with Crippen molar-refractivity contribution >= 4 is 33.9 Å². The Morgan fingerprint density at radius 2 is 2.14 bits per heavy atom. The van der Waals surface area contributed by atoms with Crippen molar-refractivity contribution in [2.24, 2.45) is 0 Å². The highest BCUT2D eigenvalue weighted by atomic mass is 32.1. The highest BCUT2D eigenvalue weighted by Crippen LogP contribution is 2.45. The summed E-state index contributed by atoms with van der Waals surface area (Å²) in [7, 11) is 2.83. The summed E-state index contributed by atoms with van der Waals surface area (Å²) in [6, 6.07) is 0.0945. The van der Waals surface area contributed by atoms with Crippen LogP contribution in [0.15, 0.2) is 0 Å². The molecule has 0 radical (unpaired) electrons. The van der Waals surface area contributed by atoms with E-state index in [2.05, 4.69) is 10.2 Å². The molecule has 1 amide bonds. The Morgan fingerprint density at radius 1 is 1.43 bits per heavy atom. The zero-order chi connectivity index (χ0) is 15.6. The summed E-state index contributed by atoms with van der Waals surface area (Å²) in [5.41, 5.74) is 6.26. The first-order valence-corrected chi connectivity index (χ1v) is 7.36. The molecule has 0 aliphatic carbocycles. The molecule has 0 spiro atoms. The second kappa shape index (κ2) is 6.21. The Labute approximate surface area is 127 Å². The van der Waals surface area contributed by atoms with Gasteiger partial charge in [0.1, 0.15) is 15.6 Å². The Balaban J connectivity index is 2.24. The van der Waals surface area contributed by atoms with Gasteiger partial charge in [0.05, 0.1) is 14.2 Å². The third kappa shape index (κ3) is 3.05. The Kier molecular flexibility index (Phi) is 4.56. The molecule has 2 rings (SSSR count). The summed E-state index contributed by atoms with van der Waals surface area (Å²) >= 11 is 1.25. The van der Waals surface area contributed by atoms with E-state index in [-0.39, 0.29) is 11.9 Å². The van der Waals surface area contributed by atoms with E-state index in [1.165, 1.54) is 32.5 Å². The highest BCUT2D eigenvalue weighted by Gasteiger charge is 2.30. The number of carbonyl (C=O) groups excluding carboxylic acids is 2. The maximum absolute atomic E-state index is 11.7. The van der Waals surface area contributed by atoms with Gasteiger partial charge in [-0.3, -0.25) is 4.79 Å². The maximum atomic E-state index is 11.7. The van der Waals surface area contributed by atoms with E-state index in [1.807, 2.05) is 0 Å². The van der Waals surface area contributed by atoms with Gasteiger partial charge in [0.25, 0.3) is 0 Å². The number of amides is 1. The van der Waals surface area contributed by atoms with Crippen LogP contribution in [-0.2, 0) is 9.53 Å². The summed E-state index contributed by atoms with van der Waals surface area (Å²) in [4.78, 5) is 25.2. The number of rotatable bonds is 4. The molecular weight excluding hydrogens is 294 g/mol. The number of nitrogens with two attached hydrogens (primary N) is 1. The minimum atomic E-state index is -0.473. The van der Waals surface area contributed by atoms with E-state index < -0.39 is 5.97 Å². The number of ether oxygens (including phenoxy) is 2. The zero-order valence-corrected chi connectivity index (χ0v) is 13.1. The smallest absolute Gasteiger partial charge is 0.350 e.